The van der Waals surface area contributed by atoms with Crippen molar-refractivity contribution in [2.45, 2.75) is 13.0 Å². The Bertz CT molecular complexity index is 893. The summed E-state index contributed by atoms with van der Waals surface area (Å²) in [6.07, 6.45) is 0. The maximum absolute atomic E-state index is 13.0. The highest BCUT2D eigenvalue weighted by atomic mass is 16.5. The van der Waals surface area contributed by atoms with E-state index in [1.807, 2.05) is 18.2 Å². The highest BCUT2D eigenvalue weighted by Crippen LogP contribution is 2.35. The first-order valence-corrected chi connectivity index (χ1v) is 8.40. The molecule has 3 N–H and O–H groups in total. The molecule has 2 aromatic carbocycles. The minimum absolute atomic E-state index is 0.311. The highest BCUT2D eigenvalue weighted by Gasteiger charge is 2.33. The van der Waals surface area contributed by atoms with Crippen LogP contribution >= 0.6 is 0 Å². The van der Waals surface area contributed by atoms with Gasteiger partial charge in [-0.15, -0.1) is 0 Å². The average Bonchev–Trinajstić information content (AvgIpc) is 2.67. The van der Waals surface area contributed by atoms with Gasteiger partial charge in [-0.25, -0.2) is 4.79 Å². The zero-order valence-corrected chi connectivity index (χ0v) is 15.3. The van der Waals surface area contributed by atoms with Crippen molar-refractivity contribution in [3.63, 3.8) is 0 Å². The van der Waals surface area contributed by atoms with E-state index in [0.717, 1.165) is 0 Å². The average molecular weight is 367 g/mol. The number of ether oxygens (including phenoxy) is 2. The summed E-state index contributed by atoms with van der Waals surface area (Å²) in [6.45, 7) is 1.70. The van der Waals surface area contributed by atoms with Gasteiger partial charge in [-0.1, -0.05) is 18.2 Å². The smallest absolute Gasteiger partial charge is 0.319 e. The van der Waals surface area contributed by atoms with E-state index in [9.17, 15) is 9.59 Å². The molecule has 1 heterocycles. The van der Waals surface area contributed by atoms with Crippen molar-refractivity contribution < 1.29 is 19.1 Å². The molecular formula is C20H21N3O4. The number of anilines is 1. The monoisotopic (exact) mass is 367 g/mol. The van der Waals surface area contributed by atoms with E-state index in [4.69, 9.17) is 9.47 Å². The van der Waals surface area contributed by atoms with Gasteiger partial charge in [-0.2, -0.15) is 0 Å². The lowest BCUT2D eigenvalue weighted by molar-refractivity contribution is -0.113. The van der Waals surface area contributed by atoms with Gasteiger partial charge in [0.25, 0.3) is 5.91 Å². The van der Waals surface area contributed by atoms with Crippen molar-refractivity contribution in [2.75, 3.05) is 19.5 Å². The molecule has 3 amide bonds. The summed E-state index contributed by atoms with van der Waals surface area (Å²) in [6, 6.07) is 13.3. The fourth-order valence-corrected chi connectivity index (χ4v) is 3.00. The van der Waals surface area contributed by atoms with Gasteiger partial charge in [0.1, 0.15) is 11.5 Å². The van der Waals surface area contributed by atoms with Crippen molar-refractivity contribution in [1.82, 2.24) is 10.6 Å². The molecule has 0 saturated carbocycles. The SMILES string of the molecule is COc1ccc(C2NC(=O)NC(C)=C2C(=O)Nc2ccccc2)c(OC)c1. The summed E-state index contributed by atoms with van der Waals surface area (Å²) in [7, 11) is 3.09. The standard InChI is InChI=1S/C20H21N3O4/c1-12-17(19(24)22-13-7-5-4-6-8-13)18(23-20(25)21-12)15-10-9-14(26-2)11-16(15)27-3/h4-11,18H,1-3H3,(H,22,24)(H2,21,23,25). The Balaban J connectivity index is 2.01. The van der Waals surface area contributed by atoms with Gasteiger partial charge in [0.05, 0.1) is 25.8 Å². The van der Waals surface area contributed by atoms with E-state index in [-0.39, 0.29) is 11.9 Å². The van der Waals surface area contributed by atoms with Gasteiger partial charge < -0.3 is 25.4 Å². The Kier molecular flexibility index (Phi) is 5.30. The zero-order chi connectivity index (χ0) is 19.4. The van der Waals surface area contributed by atoms with Crippen LogP contribution in [0.4, 0.5) is 10.5 Å². The first-order chi connectivity index (χ1) is 13.0. The van der Waals surface area contributed by atoms with Gasteiger partial charge >= 0.3 is 6.03 Å². The molecule has 7 heteroatoms. The highest BCUT2D eigenvalue weighted by molar-refractivity contribution is 6.06. The summed E-state index contributed by atoms with van der Waals surface area (Å²) in [4.78, 5) is 25.0. The van der Waals surface area contributed by atoms with Crippen LogP contribution < -0.4 is 25.4 Å². The molecule has 2 aromatic rings. The molecule has 1 aliphatic heterocycles. The lowest BCUT2D eigenvalue weighted by Gasteiger charge is -2.29. The van der Waals surface area contributed by atoms with E-state index in [0.29, 0.717) is 34.0 Å². The first kappa shape index (κ1) is 18.3. The van der Waals surface area contributed by atoms with Crippen LogP contribution in [-0.4, -0.2) is 26.2 Å². The minimum Gasteiger partial charge on any atom is -0.497 e. The third kappa shape index (κ3) is 3.87. The number of urea groups is 1. The van der Waals surface area contributed by atoms with Crippen LogP contribution in [0, 0.1) is 0 Å². The van der Waals surface area contributed by atoms with E-state index < -0.39 is 6.04 Å². The van der Waals surface area contributed by atoms with Crippen LogP contribution in [0.2, 0.25) is 0 Å². The van der Waals surface area contributed by atoms with Crippen molar-refractivity contribution >= 4 is 17.6 Å². The molecule has 1 atom stereocenters. The summed E-state index contributed by atoms with van der Waals surface area (Å²) in [5.74, 6) is 0.820. The molecule has 0 aromatic heterocycles. The molecule has 1 aliphatic rings. The first-order valence-electron chi connectivity index (χ1n) is 8.40. The zero-order valence-electron chi connectivity index (χ0n) is 15.3. The number of nitrogens with one attached hydrogen (secondary N) is 3. The Morgan fingerprint density at radius 3 is 2.48 bits per heavy atom. The molecule has 0 saturated heterocycles. The summed E-state index contributed by atoms with van der Waals surface area (Å²) >= 11 is 0. The molecule has 140 valence electrons. The Morgan fingerprint density at radius 1 is 1.07 bits per heavy atom. The van der Waals surface area contributed by atoms with E-state index in [1.54, 1.807) is 44.4 Å². The third-order valence-electron chi connectivity index (χ3n) is 4.30. The molecule has 27 heavy (non-hydrogen) atoms. The normalized spacial score (nSPS) is 16.3. The van der Waals surface area contributed by atoms with E-state index in [1.165, 1.54) is 7.11 Å². The quantitative estimate of drug-likeness (QED) is 0.758. The molecule has 0 aliphatic carbocycles. The van der Waals surface area contributed by atoms with Gasteiger partial charge in [-0.05, 0) is 31.2 Å². The number of allylic oxidation sites excluding steroid dienone is 1. The van der Waals surface area contributed by atoms with Crippen molar-refractivity contribution in [2.24, 2.45) is 0 Å². The number of carbonyl (C=O) groups excluding carboxylic acids is 2. The largest absolute Gasteiger partial charge is 0.497 e. The lowest BCUT2D eigenvalue weighted by atomic mass is 9.94. The third-order valence-corrected chi connectivity index (χ3v) is 4.30. The van der Waals surface area contributed by atoms with Crippen LogP contribution in [-0.2, 0) is 4.79 Å². The second kappa shape index (κ2) is 7.82. The van der Waals surface area contributed by atoms with Crippen molar-refractivity contribution in [3.05, 3.63) is 65.4 Å². The van der Waals surface area contributed by atoms with E-state index >= 15 is 0 Å². The fraction of sp³-hybridized carbons (Fsp3) is 0.200. The summed E-state index contributed by atoms with van der Waals surface area (Å²) < 4.78 is 10.7. The number of methoxy groups -OCH3 is 2. The number of hydrogen-bond donors (Lipinski definition) is 3. The molecule has 0 fully saturated rings. The van der Waals surface area contributed by atoms with Crippen LogP contribution in [0.25, 0.3) is 0 Å². The summed E-state index contributed by atoms with van der Waals surface area (Å²) in [5, 5.41) is 8.32. The number of benzene rings is 2. The number of rotatable bonds is 5. The van der Waals surface area contributed by atoms with Gasteiger partial charge in [-0.3, -0.25) is 4.79 Å². The van der Waals surface area contributed by atoms with Crippen LogP contribution in [0.5, 0.6) is 11.5 Å². The minimum atomic E-state index is -0.664. The topological polar surface area (TPSA) is 88.7 Å². The fourth-order valence-electron chi connectivity index (χ4n) is 3.00. The maximum Gasteiger partial charge on any atom is 0.319 e. The van der Waals surface area contributed by atoms with Crippen LogP contribution in [0.1, 0.15) is 18.5 Å². The van der Waals surface area contributed by atoms with Gasteiger partial charge in [0.2, 0.25) is 0 Å². The summed E-state index contributed by atoms with van der Waals surface area (Å²) in [5.41, 5.74) is 2.21. The second-order valence-electron chi connectivity index (χ2n) is 6.00. The number of hydrogen-bond acceptors (Lipinski definition) is 4. The number of para-hydroxylation sites is 1. The Labute approximate surface area is 157 Å². The Hall–Kier alpha value is -3.48. The van der Waals surface area contributed by atoms with Gasteiger partial charge in [0, 0.05) is 23.0 Å². The van der Waals surface area contributed by atoms with Gasteiger partial charge in [0.15, 0.2) is 0 Å². The van der Waals surface area contributed by atoms with Crippen LogP contribution in [0.15, 0.2) is 59.8 Å². The number of carbonyl (C=O) groups is 2. The molecule has 7 nitrogen and oxygen atoms in total. The second-order valence-corrected chi connectivity index (χ2v) is 6.00. The molecule has 0 bridgehead atoms. The lowest BCUT2D eigenvalue weighted by Crippen LogP contribution is -2.46. The molecule has 3 rings (SSSR count). The molecule has 1 unspecified atom stereocenters. The predicted octanol–water partition coefficient (Wildman–Crippen LogP) is 2.97. The molecule has 0 spiro atoms. The van der Waals surface area contributed by atoms with Crippen LogP contribution in [0.3, 0.4) is 0 Å². The predicted molar refractivity (Wildman–Crippen MR) is 102 cm³/mol. The maximum atomic E-state index is 13.0. The number of amides is 3. The van der Waals surface area contributed by atoms with E-state index in [2.05, 4.69) is 16.0 Å². The van der Waals surface area contributed by atoms with Crippen molar-refractivity contribution in [1.29, 1.82) is 0 Å². The Morgan fingerprint density at radius 2 is 1.81 bits per heavy atom. The molecular weight excluding hydrogens is 346 g/mol. The van der Waals surface area contributed by atoms with Crippen molar-refractivity contribution in [3.8, 4) is 11.5 Å². The molecule has 0 radical (unpaired) electrons.